The maximum Gasteiger partial charge on any atom is 0.271 e. The summed E-state index contributed by atoms with van der Waals surface area (Å²) >= 11 is 6.08. The second kappa shape index (κ2) is 11.5. The first kappa shape index (κ1) is 28.1. The van der Waals surface area contributed by atoms with Crippen LogP contribution in [-0.2, 0) is 26.2 Å². The summed E-state index contributed by atoms with van der Waals surface area (Å²) in [6.07, 6.45) is 0.911. The second-order valence-electron chi connectivity index (χ2n) is 8.49. The standard InChI is InChI=1S/C23H29ClN4O6S/c1-15(2)25-23(30)17(4)26(13-18-7-6-8-19(24)11-18)22(29)14-27(35(5,33)34)21-12-20(28(31)32)10-9-16(21)3/h6-12,15,17H,13-14H2,1-5H3,(H,25,30)/t17-/m0/s1. The minimum atomic E-state index is -4.01. The molecule has 1 N–H and O–H groups in total. The van der Waals surface area contributed by atoms with Crippen molar-refractivity contribution in [1.29, 1.82) is 0 Å². The number of nitro groups is 1. The topological polar surface area (TPSA) is 130 Å². The van der Waals surface area contributed by atoms with Crippen LogP contribution in [0.3, 0.4) is 0 Å². The summed E-state index contributed by atoms with van der Waals surface area (Å²) in [5.74, 6) is -1.07. The molecule has 0 aromatic heterocycles. The quantitative estimate of drug-likeness (QED) is 0.375. The Kier molecular flexibility index (Phi) is 9.22. The number of halogens is 1. The number of rotatable bonds is 10. The number of hydrogen-bond acceptors (Lipinski definition) is 6. The smallest absolute Gasteiger partial charge is 0.271 e. The number of sulfonamides is 1. The van der Waals surface area contributed by atoms with Crippen molar-refractivity contribution >= 4 is 44.8 Å². The number of nitrogens with zero attached hydrogens (tertiary/aromatic N) is 3. The van der Waals surface area contributed by atoms with E-state index in [1.165, 1.54) is 17.0 Å². The van der Waals surface area contributed by atoms with Gasteiger partial charge in [0.1, 0.15) is 12.6 Å². The Morgan fingerprint density at radius 1 is 1.14 bits per heavy atom. The number of carbonyl (C=O) groups is 2. The minimum Gasteiger partial charge on any atom is -0.352 e. The van der Waals surface area contributed by atoms with Crippen LogP contribution in [0.1, 0.15) is 31.9 Å². The number of nitro benzene ring substituents is 1. The van der Waals surface area contributed by atoms with Gasteiger partial charge >= 0.3 is 0 Å². The normalized spacial score (nSPS) is 12.2. The molecule has 2 aromatic rings. The molecule has 12 heteroatoms. The van der Waals surface area contributed by atoms with Crippen LogP contribution in [0.5, 0.6) is 0 Å². The van der Waals surface area contributed by atoms with E-state index in [1.807, 2.05) is 0 Å². The highest BCUT2D eigenvalue weighted by Gasteiger charge is 2.31. The van der Waals surface area contributed by atoms with E-state index in [9.17, 15) is 28.1 Å². The fourth-order valence-electron chi connectivity index (χ4n) is 3.39. The van der Waals surface area contributed by atoms with E-state index >= 15 is 0 Å². The van der Waals surface area contributed by atoms with Crippen molar-refractivity contribution in [2.45, 2.75) is 46.3 Å². The zero-order valence-electron chi connectivity index (χ0n) is 20.2. The number of non-ortho nitro benzene ring substituents is 1. The van der Waals surface area contributed by atoms with Crippen LogP contribution < -0.4 is 9.62 Å². The summed E-state index contributed by atoms with van der Waals surface area (Å²) in [6.45, 7) is 6.04. The van der Waals surface area contributed by atoms with Gasteiger partial charge in [-0.3, -0.25) is 24.0 Å². The molecule has 0 aliphatic heterocycles. The third kappa shape index (κ3) is 7.66. The molecule has 0 saturated heterocycles. The molecule has 190 valence electrons. The average molecular weight is 525 g/mol. The van der Waals surface area contributed by atoms with Gasteiger partial charge in [-0.05, 0) is 51.0 Å². The SMILES string of the molecule is Cc1ccc([N+](=O)[O-])cc1N(CC(=O)N(Cc1cccc(Cl)c1)[C@@H](C)C(=O)NC(C)C)S(C)(=O)=O. The molecule has 2 aromatic carbocycles. The Morgan fingerprint density at radius 2 is 1.80 bits per heavy atom. The molecule has 0 aliphatic carbocycles. The molecular weight excluding hydrogens is 496 g/mol. The lowest BCUT2D eigenvalue weighted by Gasteiger charge is -2.32. The van der Waals surface area contributed by atoms with Gasteiger partial charge in [0.25, 0.3) is 5.69 Å². The largest absolute Gasteiger partial charge is 0.352 e. The van der Waals surface area contributed by atoms with Gasteiger partial charge in [-0.25, -0.2) is 8.42 Å². The van der Waals surface area contributed by atoms with Crippen LogP contribution in [0, 0.1) is 17.0 Å². The molecule has 0 aliphatic rings. The lowest BCUT2D eigenvalue weighted by atomic mass is 10.1. The number of hydrogen-bond donors (Lipinski definition) is 1. The summed E-state index contributed by atoms with van der Waals surface area (Å²) in [4.78, 5) is 38.1. The number of nitrogens with one attached hydrogen (secondary N) is 1. The average Bonchev–Trinajstić information content (AvgIpc) is 2.74. The zero-order valence-corrected chi connectivity index (χ0v) is 21.8. The Labute approximate surface area is 210 Å². The molecule has 0 fully saturated rings. The highest BCUT2D eigenvalue weighted by Crippen LogP contribution is 2.28. The van der Waals surface area contributed by atoms with Crippen molar-refractivity contribution in [3.8, 4) is 0 Å². The van der Waals surface area contributed by atoms with Crippen molar-refractivity contribution in [2.75, 3.05) is 17.1 Å². The van der Waals surface area contributed by atoms with E-state index in [0.717, 1.165) is 16.6 Å². The first-order valence-electron chi connectivity index (χ1n) is 10.8. The Hall–Kier alpha value is -3.18. The van der Waals surface area contributed by atoms with Crippen molar-refractivity contribution in [1.82, 2.24) is 10.2 Å². The Bertz CT molecular complexity index is 1220. The maximum absolute atomic E-state index is 13.5. The fraction of sp³-hybridized carbons (Fsp3) is 0.391. The lowest BCUT2D eigenvalue weighted by molar-refractivity contribution is -0.384. The van der Waals surface area contributed by atoms with Crippen molar-refractivity contribution in [3.63, 3.8) is 0 Å². The first-order chi connectivity index (χ1) is 16.2. The molecule has 0 bridgehead atoms. The van der Waals surface area contributed by atoms with Gasteiger partial charge in [-0.15, -0.1) is 0 Å². The molecule has 0 radical (unpaired) electrons. The monoisotopic (exact) mass is 524 g/mol. The van der Waals surface area contributed by atoms with Gasteiger partial charge in [0.2, 0.25) is 21.8 Å². The Balaban J connectivity index is 2.49. The first-order valence-corrected chi connectivity index (χ1v) is 13.0. The molecule has 2 rings (SSSR count). The van der Waals surface area contributed by atoms with E-state index in [-0.39, 0.29) is 24.0 Å². The molecule has 10 nitrogen and oxygen atoms in total. The van der Waals surface area contributed by atoms with E-state index in [2.05, 4.69) is 5.32 Å². The highest BCUT2D eigenvalue weighted by molar-refractivity contribution is 7.92. The van der Waals surface area contributed by atoms with Crippen LogP contribution in [0.2, 0.25) is 5.02 Å². The van der Waals surface area contributed by atoms with Crippen molar-refractivity contribution < 1.29 is 22.9 Å². The van der Waals surface area contributed by atoms with Gasteiger partial charge in [0.15, 0.2) is 0 Å². The molecule has 0 spiro atoms. The van der Waals surface area contributed by atoms with Gasteiger partial charge in [-0.2, -0.15) is 0 Å². The molecule has 0 saturated carbocycles. The predicted molar refractivity (Wildman–Crippen MR) is 135 cm³/mol. The van der Waals surface area contributed by atoms with Crippen LogP contribution >= 0.6 is 11.6 Å². The molecule has 1 atom stereocenters. The summed E-state index contributed by atoms with van der Waals surface area (Å²) < 4.78 is 26.1. The van der Waals surface area contributed by atoms with Crippen LogP contribution in [-0.4, -0.2) is 54.9 Å². The van der Waals surface area contributed by atoms with Gasteiger partial charge < -0.3 is 10.2 Å². The molecule has 0 heterocycles. The van der Waals surface area contributed by atoms with E-state index < -0.39 is 39.3 Å². The molecule has 0 unspecified atom stereocenters. The van der Waals surface area contributed by atoms with Crippen molar-refractivity contribution in [3.05, 3.63) is 68.7 Å². The summed E-state index contributed by atoms with van der Waals surface area (Å²) in [7, 11) is -4.01. The second-order valence-corrected chi connectivity index (χ2v) is 10.8. The van der Waals surface area contributed by atoms with Crippen molar-refractivity contribution in [2.24, 2.45) is 0 Å². The highest BCUT2D eigenvalue weighted by atomic mass is 35.5. The van der Waals surface area contributed by atoms with E-state index in [0.29, 0.717) is 16.1 Å². The third-order valence-electron chi connectivity index (χ3n) is 5.19. The van der Waals surface area contributed by atoms with E-state index in [1.54, 1.807) is 52.0 Å². The number of carbonyl (C=O) groups excluding carboxylic acids is 2. The summed E-state index contributed by atoms with van der Waals surface area (Å²) in [5.41, 5.74) is 0.775. The third-order valence-corrected chi connectivity index (χ3v) is 6.55. The van der Waals surface area contributed by atoms with Crippen LogP contribution in [0.4, 0.5) is 11.4 Å². The molecule has 35 heavy (non-hydrogen) atoms. The number of amides is 2. The molecular formula is C23H29ClN4O6S. The summed E-state index contributed by atoms with van der Waals surface area (Å²) in [5, 5.41) is 14.5. The van der Waals surface area contributed by atoms with Gasteiger partial charge in [0, 0.05) is 29.7 Å². The van der Waals surface area contributed by atoms with Gasteiger partial charge in [-0.1, -0.05) is 29.8 Å². The fourth-order valence-corrected chi connectivity index (χ4v) is 4.51. The maximum atomic E-state index is 13.5. The van der Waals surface area contributed by atoms with E-state index in [4.69, 9.17) is 11.6 Å². The summed E-state index contributed by atoms with van der Waals surface area (Å²) in [6, 6.07) is 9.43. The van der Waals surface area contributed by atoms with Crippen LogP contribution in [0.25, 0.3) is 0 Å². The Morgan fingerprint density at radius 3 is 2.34 bits per heavy atom. The van der Waals surface area contributed by atoms with Crippen LogP contribution in [0.15, 0.2) is 42.5 Å². The number of benzene rings is 2. The van der Waals surface area contributed by atoms with Gasteiger partial charge in [0.05, 0.1) is 16.9 Å². The lowest BCUT2D eigenvalue weighted by Crippen LogP contribution is -2.52. The number of aryl methyl sites for hydroxylation is 1. The minimum absolute atomic E-state index is 0.00238. The molecule has 2 amide bonds. The zero-order chi connectivity index (χ0) is 26.5. The predicted octanol–water partition coefficient (Wildman–Crippen LogP) is 3.26. The number of anilines is 1.